The molecule has 0 unspecified atom stereocenters. The first-order chi connectivity index (χ1) is 7.03. The topological polar surface area (TPSA) is 61.6 Å². The average Bonchev–Trinajstić information content (AvgIpc) is 2.59. The van der Waals surface area contributed by atoms with Crippen molar-refractivity contribution in [3.63, 3.8) is 0 Å². The van der Waals surface area contributed by atoms with Gasteiger partial charge in [0.15, 0.2) is 0 Å². The van der Waals surface area contributed by atoms with Gasteiger partial charge in [-0.2, -0.15) is 5.26 Å². The molecule has 0 aromatic carbocycles. The molecule has 0 amide bonds. The van der Waals surface area contributed by atoms with Crippen LogP contribution in [-0.2, 0) is 0 Å². The van der Waals surface area contributed by atoms with Crippen molar-refractivity contribution in [2.24, 2.45) is 5.41 Å². The van der Waals surface area contributed by atoms with Crippen LogP contribution in [0, 0.1) is 23.7 Å². The number of anilines is 1. The Hall–Kier alpha value is -1.15. The fourth-order valence-electron chi connectivity index (χ4n) is 1.17. The molecule has 0 atom stereocenters. The van der Waals surface area contributed by atoms with Gasteiger partial charge in [-0.1, -0.05) is 25.2 Å². The van der Waals surface area contributed by atoms with E-state index in [1.165, 1.54) is 0 Å². The molecule has 1 heterocycles. The Kier molecular flexibility index (Phi) is 4.04. The molecule has 15 heavy (non-hydrogen) atoms. The van der Waals surface area contributed by atoms with E-state index in [4.69, 9.17) is 5.26 Å². The molecule has 1 aromatic heterocycles. The van der Waals surface area contributed by atoms with Gasteiger partial charge in [0.05, 0.1) is 6.07 Å². The Bertz CT molecular complexity index is 351. The number of nitrogens with zero attached hydrogens (tertiary/aromatic N) is 3. The van der Waals surface area contributed by atoms with E-state index in [0.29, 0.717) is 6.42 Å². The monoisotopic (exact) mass is 224 g/mol. The molecule has 0 saturated heterocycles. The fraction of sp³-hybridized carbons (Fsp3) is 0.700. The van der Waals surface area contributed by atoms with E-state index >= 15 is 0 Å². The highest BCUT2D eigenvalue weighted by molar-refractivity contribution is 7.15. The van der Waals surface area contributed by atoms with Crippen LogP contribution in [-0.4, -0.2) is 16.7 Å². The standard InChI is InChI=1S/C10H16N4S/c1-8-13-14-9(15-8)12-7-10(2,3)5-4-6-11/h4-5,7H2,1-3H3,(H,12,14). The van der Waals surface area contributed by atoms with Gasteiger partial charge in [0, 0.05) is 13.0 Å². The average molecular weight is 224 g/mol. The van der Waals surface area contributed by atoms with Gasteiger partial charge in [-0.3, -0.25) is 0 Å². The molecule has 0 radical (unpaired) electrons. The largest absolute Gasteiger partial charge is 0.360 e. The van der Waals surface area contributed by atoms with Gasteiger partial charge < -0.3 is 5.32 Å². The molecule has 82 valence electrons. The molecule has 0 bridgehead atoms. The highest BCUT2D eigenvalue weighted by atomic mass is 32.1. The third-order valence-corrected chi connectivity index (χ3v) is 2.95. The maximum absolute atomic E-state index is 8.53. The molecule has 0 aliphatic rings. The third-order valence-electron chi connectivity index (χ3n) is 2.16. The molecule has 5 heteroatoms. The van der Waals surface area contributed by atoms with E-state index in [2.05, 4.69) is 35.4 Å². The van der Waals surface area contributed by atoms with Crippen LogP contribution < -0.4 is 5.32 Å². The molecular formula is C10H16N4S. The number of nitrogens with one attached hydrogen (secondary N) is 1. The molecular weight excluding hydrogens is 208 g/mol. The number of aromatic nitrogens is 2. The number of nitriles is 1. The highest BCUT2D eigenvalue weighted by Gasteiger charge is 2.17. The fourth-order valence-corrected chi connectivity index (χ4v) is 1.75. The molecule has 1 aromatic rings. The van der Waals surface area contributed by atoms with Gasteiger partial charge >= 0.3 is 0 Å². The summed E-state index contributed by atoms with van der Waals surface area (Å²) in [6.45, 7) is 7.05. The third kappa shape index (κ3) is 4.26. The predicted octanol–water partition coefficient (Wildman–Crippen LogP) is 2.59. The van der Waals surface area contributed by atoms with Crippen LogP contribution >= 0.6 is 11.3 Å². The Labute approximate surface area is 94.3 Å². The molecule has 0 saturated carbocycles. The molecule has 0 fully saturated rings. The van der Waals surface area contributed by atoms with E-state index < -0.39 is 0 Å². The van der Waals surface area contributed by atoms with Crippen molar-refractivity contribution in [3.8, 4) is 6.07 Å². The first-order valence-electron chi connectivity index (χ1n) is 4.94. The van der Waals surface area contributed by atoms with Crippen molar-refractivity contribution in [1.82, 2.24) is 10.2 Å². The van der Waals surface area contributed by atoms with Crippen LogP contribution in [0.5, 0.6) is 0 Å². The summed E-state index contributed by atoms with van der Waals surface area (Å²) in [5, 5.41) is 21.5. The van der Waals surface area contributed by atoms with Crippen LogP contribution in [0.4, 0.5) is 5.13 Å². The van der Waals surface area contributed by atoms with Crippen LogP contribution in [0.3, 0.4) is 0 Å². The van der Waals surface area contributed by atoms with Crippen molar-refractivity contribution in [1.29, 1.82) is 5.26 Å². The number of hydrogen-bond donors (Lipinski definition) is 1. The second kappa shape index (κ2) is 5.08. The highest BCUT2D eigenvalue weighted by Crippen LogP contribution is 2.23. The van der Waals surface area contributed by atoms with Gasteiger partial charge in [-0.05, 0) is 18.8 Å². The quantitative estimate of drug-likeness (QED) is 0.835. The van der Waals surface area contributed by atoms with Gasteiger partial charge in [0.25, 0.3) is 0 Å². The second-order valence-corrected chi connectivity index (χ2v) is 5.48. The van der Waals surface area contributed by atoms with Crippen molar-refractivity contribution >= 4 is 16.5 Å². The summed E-state index contributed by atoms with van der Waals surface area (Å²) in [6, 6.07) is 2.17. The summed E-state index contributed by atoms with van der Waals surface area (Å²) in [5.74, 6) is 0. The van der Waals surface area contributed by atoms with Gasteiger partial charge in [0.1, 0.15) is 5.01 Å². The van der Waals surface area contributed by atoms with Crippen LogP contribution in [0.1, 0.15) is 31.7 Å². The smallest absolute Gasteiger partial charge is 0.205 e. The molecule has 1 N–H and O–H groups in total. The lowest BCUT2D eigenvalue weighted by Crippen LogP contribution is -2.22. The number of hydrogen-bond acceptors (Lipinski definition) is 5. The zero-order valence-electron chi connectivity index (χ0n) is 9.37. The SMILES string of the molecule is Cc1nnc(NCC(C)(C)CCC#N)s1. The van der Waals surface area contributed by atoms with Crippen LogP contribution in [0.15, 0.2) is 0 Å². The lowest BCUT2D eigenvalue weighted by molar-refractivity contribution is 0.363. The molecule has 0 spiro atoms. The summed E-state index contributed by atoms with van der Waals surface area (Å²) in [5.41, 5.74) is 0.120. The number of rotatable bonds is 5. The normalized spacial score (nSPS) is 11.1. The maximum atomic E-state index is 8.53. The van der Waals surface area contributed by atoms with Gasteiger partial charge in [-0.25, -0.2) is 0 Å². The Balaban J connectivity index is 2.39. The van der Waals surface area contributed by atoms with E-state index in [1.54, 1.807) is 11.3 Å². The maximum Gasteiger partial charge on any atom is 0.205 e. The zero-order chi connectivity index (χ0) is 11.3. The van der Waals surface area contributed by atoms with E-state index in [9.17, 15) is 0 Å². The summed E-state index contributed by atoms with van der Waals surface area (Å²) in [7, 11) is 0. The lowest BCUT2D eigenvalue weighted by Gasteiger charge is -2.23. The molecule has 0 aliphatic carbocycles. The second-order valence-electron chi connectivity index (χ2n) is 4.30. The van der Waals surface area contributed by atoms with Crippen molar-refractivity contribution in [2.45, 2.75) is 33.6 Å². The Morgan fingerprint density at radius 3 is 2.73 bits per heavy atom. The van der Waals surface area contributed by atoms with E-state index in [1.807, 2.05) is 6.92 Å². The predicted molar refractivity (Wildman–Crippen MR) is 61.8 cm³/mol. The summed E-state index contributed by atoms with van der Waals surface area (Å²) in [4.78, 5) is 0. The van der Waals surface area contributed by atoms with Crippen LogP contribution in [0.25, 0.3) is 0 Å². The molecule has 1 rings (SSSR count). The van der Waals surface area contributed by atoms with E-state index in [-0.39, 0.29) is 5.41 Å². The summed E-state index contributed by atoms with van der Waals surface area (Å²) in [6.07, 6.45) is 1.50. The minimum atomic E-state index is 0.120. The zero-order valence-corrected chi connectivity index (χ0v) is 10.2. The summed E-state index contributed by atoms with van der Waals surface area (Å²) < 4.78 is 0. The van der Waals surface area contributed by atoms with E-state index in [0.717, 1.165) is 23.1 Å². The van der Waals surface area contributed by atoms with Crippen molar-refractivity contribution in [3.05, 3.63) is 5.01 Å². The lowest BCUT2D eigenvalue weighted by atomic mass is 9.88. The Morgan fingerprint density at radius 2 is 2.20 bits per heavy atom. The molecule has 4 nitrogen and oxygen atoms in total. The minimum absolute atomic E-state index is 0.120. The summed E-state index contributed by atoms with van der Waals surface area (Å²) >= 11 is 1.55. The molecule has 0 aliphatic heterocycles. The van der Waals surface area contributed by atoms with Gasteiger partial charge in [-0.15, -0.1) is 10.2 Å². The van der Waals surface area contributed by atoms with Crippen LogP contribution in [0.2, 0.25) is 0 Å². The first kappa shape index (κ1) is 11.9. The first-order valence-corrected chi connectivity index (χ1v) is 5.76. The van der Waals surface area contributed by atoms with Crippen molar-refractivity contribution < 1.29 is 0 Å². The Morgan fingerprint density at radius 1 is 1.47 bits per heavy atom. The van der Waals surface area contributed by atoms with Crippen molar-refractivity contribution in [2.75, 3.05) is 11.9 Å². The van der Waals surface area contributed by atoms with Gasteiger partial charge in [0.2, 0.25) is 5.13 Å². The minimum Gasteiger partial charge on any atom is -0.360 e. The number of aryl methyl sites for hydroxylation is 1.